The number of nitrogens with zero attached hydrogens (tertiary/aromatic N) is 1. The minimum absolute atomic E-state index is 0.482. The van der Waals surface area contributed by atoms with Crippen molar-refractivity contribution in [3.8, 4) is 0 Å². The molecule has 1 aromatic heterocycles. The van der Waals surface area contributed by atoms with E-state index in [4.69, 9.17) is 4.74 Å². The molecule has 1 aliphatic rings. The number of hydrogen-bond acceptors (Lipinski definition) is 3. The fourth-order valence-electron chi connectivity index (χ4n) is 2.14. The van der Waals surface area contributed by atoms with Crippen LogP contribution >= 0.6 is 0 Å². The molecule has 0 aliphatic heterocycles. The second kappa shape index (κ2) is 5.28. The zero-order valence-corrected chi connectivity index (χ0v) is 9.20. The quantitative estimate of drug-likeness (QED) is 0.789. The molecule has 1 aromatic rings. The van der Waals surface area contributed by atoms with Crippen molar-refractivity contribution in [3.63, 3.8) is 0 Å². The lowest BCUT2D eigenvalue weighted by atomic mass is 9.93. The van der Waals surface area contributed by atoms with Gasteiger partial charge < -0.3 is 15.0 Å². The monoisotopic (exact) mass is 209 g/mol. The number of hydrogen-bond donors (Lipinski definition) is 2. The first-order valence-corrected chi connectivity index (χ1v) is 5.62. The highest BCUT2D eigenvalue weighted by molar-refractivity contribution is 4.94. The van der Waals surface area contributed by atoms with Crippen molar-refractivity contribution in [3.05, 3.63) is 18.2 Å². The van der Waals surface area contributed by atoms with Crippen LogP contribution < -0.4 is 5.32 Å². The molecule has 2 rings (SSSR count). The molecule has 2 N–H and O–H groups in total. The summed E-state index contributed by atoms with van der Waals surface area (Å²) in [5.41, 5.74) is 1.16. The van der Waals surface area contributed by atoms with Crippen molar-refractivity contribution in [1.82, 2.24) is 15.3 Å². The summed E-state index contributed by atoms with van der Waals surface area (Å²) in [6.07, 6.45) is 8.86. The van der Waals surface area contributed by atoms with E-state index >= 15 is 0 Å². The molecule has 0 spiro atoms. The Bertz CT molecular complexity index is 265. The molecule has 1 saturated carbocycles. The summed E-state index contributed by atoms with van der Waals surface area (Å²) >= 11 is 0. The van der Waals surface area contributed by atoms with Gasteiger partial charge in [-0.3, -0.25) is 0 Å². The van der Waals surface area contributed by atoms with Gasteiger partial charge >= 0.3 is 0 Å². The van der Waals surface area contributed by atoms with Crippen LogP contribution in [0.3, 0.4) is 0 Å². The van der Waals surface area contributed by atoms with E-state index in [-0.39, 0.29) is 0 Å². The minimum Gasteiger partial charge on any atom is -0.381 e. The van der Waals surface area contributed by atoms with Gasteiger partial charge in [-0.1, -0.05) is 0 Å². The predicted octanol–water partition coefficient (Wildman–Crippen LogP) is 1.46. The summed E-state index contributed by atoms with van der Waals surface area (Å²) in [7, 11) is 1.81. The molecule has 1 aliphatic carbocycles. The fourth-order valence-corrected chi connectivity index (χ4v) is 2.14. The summed E-state index contributed by atoms with van der Waals surface area (Å²) in [5, 5.41) is 3.54. The van der Waals surface area contributed by atoms with Crippen LogP contribution in [0.4, 0.5) is 0 Å². The highest BCUT2D eigenvalue weighted by Gasteiger charge is 2.20. The van der Waals surface area contributed by atoms with Crippen LogP contribution in [0.1, 0.15) is 31.4 Å². The molecule has 84 valence electrons. The number of aromatic amines is 1. The number of rotatable bonds is 4. The van der Waals surface area contributed by atoms with Gasteiger partial charge in [0.25, 0.3) is 0 Å². The van der Waals surface area contributed by atoms with Crippen molar-refractivity contribution >= 4 is 0 Å². The largest absolute Gasteiger partial charge is 0.381 e. The molecule has 15 heavy (non-hydrogen) atoms. The van der Waals surface area contributed by atoms with Crippen LogP contribution in [0.25, 0.3) is 0 Å². The van der Waals surface area contributed by atoms with Crippen molar-refractivity contribution in [1.29, 1.82) is 0 Å². The highest BCUT2D eigenvalue weighted by Crippen LogP contribution is 2.20. The zero-order valence-electron chi connectivity index (χ0n) is 9.20. The van der Waals surface area contributed by atoms with Crippen LogP contribution in [0.5, 0.6) is 0 Å². The maximum Gasteiger partial charge on any atom is 0.0922 e. The molecule has 0 saturated heterocycles. The predicted molar refractivity (Wildman–Crippen MR) is 58.5 cm³/mol. The number of methoxy groups -OCH3 is 1. The van der Waals surface area contributed by atoms with E-state index in [1.165, 1.54) is 25.7 Å². The molecule has 0 radical (unpaired) electrons. The highest BCUT2D eigenvalue weighted by atomic mass is 16.5. The third kappa shape index (κ3) is 3.04. The summed E-state index contributed by atoms with van der Waals surface area (Å²) in [5.74, 6) is 0. The van der Waals surface area contributed by atoms with Gasteiger partial charge in [0, 0.05) is 31.6 Å². The summed E-state index contributed by atoms with van der Waals surface area (Å²) in [6, 6.07) is 0.639. The van der Waals surface area contributed by atoms with E-state index in [1.807, 2.05) is 13.3 Å². The van der Waals surface area contributed by atoms with E-state index in [0.717, 1.165) is 12.2 Å². The van der Waals surface area contributed by atoms with Crippen LogP contribution in [0.15, 0.2) is 12.5 Å². The van der Waals surface area contributed by atoms with Gasteiger partial charge in [-0.25, -0.2) is 4.98 Å². The van der Waals surface area contributed by atoms with Crippen LogP contribution in [-0.2, 0) is 11.3 Å². The molecule has 4 heteroatoms. The van der Waals surface area contributed by atoms with Crippen LogP contribution in [0, 0.1) is 0 Å². The Morgan fingerprint density at radius 3 is 2.87 bits per heavy atom. The van der Waals surface area contributed by atoms with E-state index in [1.54, 1.807) is 6.33 Å². The number of ether oxygens (including phenoxy) is 1. The van der Waals surface area contributed by atoms with Gasteiger partial charge in [-0.05, 0) is 25.7 Å². The first kappa shape index (κ1) is 10.6. The molecule has 0 unspecified atom stereocenters. The molecule has 4 nitrogen and oxygen atoms in total. The molecule has 1 heterocycles. The average Bonchev–Trinajstić information content (AvgIpc) is 2.80. The Morgan fingerprint density at radius 2 is 2.27 bits per heavy atom. The summed E-state index contributed by atoms with van der Waals surface area (Å²) in [4.78, 5) is 7.09. The number of nitrogens with one attached hydrogen (secondary N) is 2. The second-order valence-corrected chi connectivity index (χ2v) is 4.17. The maximum atomic E-state index is 5.35. The molecule has 0 bridgehead atoms. The third-order valence-electron chi connectivity index (χ3n) is 3.14. The lowest BCUT2D eigenvalue weighted by Crippen LogP contribution is -2.34. The van der Waals surface area contributed by atoms with Gasteiger partial charge in [-0.15, -0.1) is 0 Å². The minimum atomic E-state index is 0.482. The van der Waals surface area contributed by atoms with E-state index in [2.05, 4.69) is 15.3 Å². The topological polar surface area (TPSA) is 49.9 Å². The average molecular weight is 209 g/mol. The van der Waals surface area contributed by atoms with Gasteiger partial charge in [0.1, 0.15) is 0 Å². The Labute approximate surface area is 90.4 Å². The Morgan fingerprint density at radius 1 is 1.47 bits per heavy atom. The lowest BCUT2D eigenvalue weighted by Gasteiger charge is -2.28. The summed E-state index contributed by atoms with van der Waals surface area (Å²) < 4.78 is 5.35. The van der Waals surface area contributed by atoms with Crippen molar-refractivity contribution in [2.45, 2.75) is 44.4 Å². The standard InChI is InChI=1S/C11H19N3O/c1-15-11-4-2-9(3-5-11)13-7-10-6-12-8-14-10/h6,8-9,11,13H,2-5,7H2,1H3,(H,12,14). The number of imidazole rings is 1. The fraction of sp³-hybridized carbons (Fsp3) is 0.727. The second-order valence-electron chi connectivity index (χ2n) is 4.17. The van der Waals surface area contributed by atoms with Crippen molar-refractivity contribution < 1.29 is 4.74 Å². The van der Waals surface area contributed by atoms with Crippen LogP contribution in [0.2, 0.25) is 0 Å². The Kier molecular flexibility index (Phi) is 3.75. The van der Waals surface area contributed by atoms with Crippen molar-refractivity contribution in [2.75, 3.05) is 7.11 Å². The van der Waals surface area contributed by atoms with Crippen molar-refractivity contribution in [2.24, 2.45) is 0 Å². The third-order valence-corrected chi connectivity index (χ3v) is 3.14. The molecule has 0 amide bonds. The Balaban J connectivity index is 1.69. The number of H-pyrrole nitrogens is 1. The molecular formula is C11H19N3O. The van der Waals surface area contributed by atoms with E-state index in [0.29, 0.717) is 12.1 Å². The normalized spacial score (nSPS) is 26.7. The van der Waals surface area contributed by atoms with Gasteiger partial charge in [0.15, 0.2) is 0 Å². The van der Waals surface area contributed by atoms with Crippen LogP contribution in [-0.4, -0.2) is 29.2 Å². The Hall–Kier alpha value is -0.870. The van der Waals surface area contributed by atoms with Gasteiger partial charge in [-0.2, -0.15) is 0 Å². The zero-order chi connectivity index (χ0) is 10.5. The van der Waals surface area contributed by atoms with Gasteiger partial charge in [0.05, 0.1) is 12.4 Å². The molecular weight excluding hydrogens is 190 g/mol. The lowest BCUT2D eigenvalue weighted by molar-refractivity contribution is 0.0623. The molecule has 0 aromatic carbocycles. The number of aromatic nitrogens is 2. The van der Waals surface area contributed by atoms with E-state index in [9.17, 15) is 0 Å². The molecule has 1 fully saturated rings. The smallest absolute Gasteiger partial charge is 0.0922 e. The maximum absolute atomic E-state index is 5.35. The van der Waals surface area contributed by atoms with E-state index < -0.39 is 0 Å². The van der Waals surface area contributed by atoms with Gasteiger partial charge in [0.2, 0.25) is 0 Å². The SMILES string of the molecule is COC1CCC(NCc2cnc[nH]2)CC1. The summed E-state index contributed by atoms with van der Waals surface area (Å²) in [6.45, 7) is 0.891. The first-order valence-electron chi connectivity index (χ1n) is 5.62. The molecule has 0 atom stereocenters. The first-order chi connectivity index (χ1) is 7.38.